The van der Waals surface area contributed by atoms with Gasteiger partial charge in [0.15, 0.2) is 0 Å². The molecule has 0 bridgehead atoms. The molecule has 0 atom stereocenters. The van der Waals surface area contributed by atoms with Crippen molar-refractivity contribution in [3.8, 4) is 5.75 Å². The fourth-order valence-electron chi connectivity index (χ4n) is 1.92. The third-order valence-electron chi connectivity index (χ3n) is 3.02. The van der Waals surface area contributed by atoms with Crippen LogP contribution in [0.1, 0.15) is 36.8 Å². The molecule has 5 heteroatoms. The summed E-state index contributed by atoms with van der Waals surface area (Å²) in [4.78, 5) is 0.630. The van der Waals surface area contributed by atoms with Gasteiger partial charge in [0.05, 0.1) is 12.4 Å². The second kappa shape index (κ2) is 8.57. The SMILES string of the molecule is [CH2]CCCCCOc1cc(SCC(F)(F)F)c(C)cc1C. The van der Waals surface area contributed by atoms with Gasteiger partial charge in [-0.05, 0) is 37.5 Å². The van der Waals surface area contributed by atoms with Crippen LogP contribution in [0, 0.1) is 20.8 Å². The van der Waals surface area contributed by atoms with Crippen molar-refractivity contribution in [2.45, 2.75) is 50.6 Å². The maximum atomic E-state index is 12.3. The molecule has 119 valence electrons. The van der Waals surface area contributed by atoms with Gasteiger partial charge in [0, 0.05) is 4.90 Å². The first-order chi connectivity index (χ1) is 9.83. The average Bonchev–Trinajstić information content (AvgIpc) is 2.38. The molecule has 0 fully saturated rings. The summed E-state index contributed by atoms with van der Waals surface area (Å²) in [5.41, 5.74) is 1.81. The number of hydrogen-bond donors (Lipinski definition) is 0. The maximum Gasteiger partial charge on any atom is 0.398 e. The zero-order valence-corrected chi connectivity index (χ0v) is 13.4. The average molecular weight is 319 g/mol. The third kappa shape index (κ3) is 7.11. The zero-order valence-electron chi connectivity index (χ0n) is 12.6. The molecule has 0 spiro atoms. The number of alkyl halides is 3. The number of thioether (sulfide) groups is 1. The molecule has 0 aliphatic rings. The lowest BCUT2D eigenvalue weighted by molar-refractivity contribution is -0.105. The molecule has 0 heterocycles. The van der Waals surface area contributed by atoms with E-state index in [0.717, 1.165) is 48.6 Å². The second-order valence-electron chi connectivity index (χ2n) is 5.05. The van der Waals surface area contributed by atoms with E-state index in [0.29, 0.717) is 17.3 Å². The smallest absolute Gasteiger partial charge is 0.398 e. The Labute approximate surface area is 129 Å². The normalized spacial score (nSPS) is 11.7. The van der Waals surface area contributed by atoms with Crippen molar-refractivity contribution in [2.24, 2.45) is 0 Å². The number of ether oxygens (including phenoxy) is 1. The summed E-state index contributed by atoms with van der Waals surface area (Å²) in [6, 6.07) is 3.60. The minimum Gasteiger partial charge on any atom is -0.493 e. The van der Waals surface area contributed by atoms with Crippen molar-refractivity contribution >= 4 is 11.8 Å². The van der Waals surface area contributed by atoms with Gasteiger partial charge in [-0.25, -0.2) is 0 Å². The number of benzene rings is 1. The Morgan fingerprint density at radius 2 is 1.81 bits per heavy atom. The van der Waals surface area contributed by atoms with Crippen molar-refractivity contribution in [2.75, 3.05) is 12.4 Å². The predicted octanol–water partition coefficient (Wildman–Crippen LogP) is 5.73. The predicted molar refractivity (Wildman–Crippen MR) is 82.0 cm³/mol. The zero-order chi connectivity index (χ0) is 15.9. The van der Waals surface area contributed by atoms with Gasteiger partial charge in [-0.2, -0.15) is 13.2 Å². The summed E-state index contributed by atoms with van der Waals surface area (Å²) >= 11 is 0.811. The number of rotatable bonds is 8. The van der Waals surface area contributed by atoms with Crippen molar-refractivity contribution < 1.29 is 17.9 Å². The summed E-state index contributed by atoms with van der Waals surface area (Å²) in [6.45, 7) is 8.11. The fraction of sp³-hybridized carbons (Fsp3) is 0.562. The highest BCUT2D eigenvalue weighted by molar-refractivity contribution is 7.99. The van der Waals surface area contributed by atoms with Crippen LogP contribution in [0.2, 0.25) is 0 Å². The quantitative estimate of drug-likeness (QED) is 0.447. The van der Waals surface area contributed by atoms with Crippen LogP contribution in [0.5, 0.6) is 5.75 Å². The van der Waals surface area contributed by atoms with E-state index in [9.17, 15) is 13.2 Å². The standard InChI is InChI=1S/C16H22F3OS/c1-4-5-6-7-8-20-14-10-15(13(3)9-12(14)2)21-11-16(17,18)19/h9-10H,1,4-8,11H2,2-3H3. The van der Waals surface area contributed by atoms with Gasteiger partial charge < -0.3 is 4.74 Å². The first kappa shape index (κ1) is 18.2. The summed E-state index contributed by atoms with van der Waals surface area (Å²) in [6.07, 6.45) is -0.167. The monoisotopic (exact) mass is 319 g/mol. The molecule has 1 aromatic carbocycles. The molecule has 0 saturated carbocycles. The van der Waals surface area contributed by atoms with Crippen LogP contribution < -0.4 is 4.74 Å². The Kier molecular flexibility index (Phi) is 7.43. The van der Waals surface area contributed by atoms with Crippen LogP contribution in [0.4, 0.5) is 13.2 Å². The van der Waals surface area contributed by atoms with Gasteiger partial charge in [0.2, 0.25) is 0 Å². The summed E-state index contributed by atoms with van der Waals surface area (Å²) in [7, 11) is 0. The maximum absolute atomic E-state index is 12.3. The fourth-order valence-corrected chi connectivity index (χ4v) is 2.72. The molecule has 0 unspecified atom stereocenters. The van der Waals surface area contributed by atoms with E-state index in [4.69, 9.17) is 4.74 Å². The van der Waals surface area contributed by atoms with E-state index < -0.39 is 11.9 Å². The van der Waals surface area contributed by atoms with Crippen LogP contribution in [0.25, 0.3) is 0 Å². The highest BCUT2D eigenvalue weighted by atomic mass is 32.2. The van der Waals surface area contributed by atoms with Crippen LogP contribution in [0.15, 0.2) is 17.0 Å². The molecule has 0 aliphatic carbocycles. The largest absolute Gasteiger partial charge is 0.493 e. The molecule has 1 radical (unpaired) electrons. The highest BCUT2D eigenvalue weighted by Crippen LogP contribution is 2.33. The van der Waals surface area contributed by atoms with Crippen LogP contribution in [0.3, 0.4) is 0 Å². The molecule has 0 aromatic heterocycles. The van der Waals surface area contributed by atoms with Crippen LogP contribution >= 0.6 is 11.8 Å². The molecule has 0 amide bonds. The summed E-state index contributed by atoms with van der Waals surface area (Å²) in [5, 5.41) is 0. The lowest BCUT2D eigenvalue weighted by Gasteiger charge is -2.14. The summed E-state index contributed by atoms with van der Waals surface area (Å²) in [5.74, 6) is -0.195. The molecule has 0 saturated heterocycles. The van der Waals surface area contributed by atoms with E-state index in [1.54, 1.807) is 6.07 Å². The van der Waals surface area contributed by atoms with Crippen molar-refractivity contribution in [1.82, 2.24) is 0 Å². The van der Waals surface area contributed by atoms with E-state index in [1.165, 1.54) is 0 Å². The Morgan fingerprint density at radius 3 is 2.43 bits per heavy atom. The molecule has 1 aromatic rings. The number of aryl methyl sites for hydroxylation is 2. The Morgan fingerprint density at radius 1 is 1.10 bits per heavy atom. The van der Waals surface area contributed by atoms with Crippen molar-refractivity contribution in [3.05, 3.63) is 30.2 Å². The topological polar surface area (TPSA) is 9.23 Å². The van der Waals surface area contributed by atoms with Gasteiger partial charge in [-0.3, -0.25) is 0 Å². The van der Waals surface area contributed by atoms with Gasteiger partial charge in [0.1, 0.15) is 5.75 Å². The molecule has 21 heavy (non-hydrogen) atoms. The number of unbranched alkanes of at least 4 members (excludes halogenated alkanes) is 3. The molecule has 1 rings (SSSR count). The Hall–Kier alpha value is -0.840. The van der Waals surface area contributed by atoms with Gasteiger partial charge in [-0.1, -0.05) is 32.3 Å². The number of hydrogen-bond acceptors (Lipinski definition) is 2. The van der Waals surface area contributed by atoms with Gasteiger partial charge >= 0.3 is 6.18 Å². The Bertz CT molecular complexity index is 444. The van der Waals surface area contributed by atoms with E-state index in [2.05, 4.69) is 6.92 Å². The first-order valence-electron chi connectivity index (χ1n) is 7.06. The lowest BCUT2D eigenvalue weighted by atomic mass is 10.1. The summed E-state index contributed by atoms with van der Waals surface area (Å²) < 4.78 is 42.6. The van der Waals surface area contributed by atoms with Gasteiger partial charge in [-0.15, -0.1) is 11.8 Å². The molecule has 0 aliphatic heterocycles. The van der Waals surface area contributed by atoms with E-state index in [1.807, 2.05) is 19.9 Å². The van der Waals surface area contributed by atoms with Crippen molar-refractivity contribution in [3.63, 3.8) is 0 Å². The molecular formula is C16H22F3OS. The van der Waals surface area contributed by atoms with Crippen LogP contribution in [-0.2, 0) is 0 Å². The minimum absolute atomic E-state index is 0.591. The number of halogens is 3. The van der Waals surface area contributed by atoms with E-state index in [-0.39, 0.29) is 0 Å². The van der Waals surface area contributed by atoms with Crippen molar-refractivity contribution in [1.29, 1.82) is 0 Å². The second-order valence-corrected chi connectivity index (χ2v) is 6.07. The Balaban J connectivity index is 2.63. The van der Waals surface area contributed by atoms with E-state index >= 15 is 0 Å². The minimum atomic E-state index is -4.16. The molecular weight excluding hydrogens is 297 g/mol. The molecule has 0 N–H and O–H groups in total. The molecule has 1 nitrogen and oxygen atoms in total. The van der Waals surface area contributed by atoms with Gasteiger partial charge in [0.25, 0.3) is 0 Å². The lowest BCUT2D eigenvalue weighted by Crippen LogP contribution is -2.10. The third-order valence-corrected chi connectivity index (χ3v) is 4.24. The first-order valence-corrected chi connectivity index (χ1v) is 8.05. The van der Waals surface area contributed by atoms with Crippen LogP contribution in [-0.4, -0.2) is 18.5 Å². The highest BCUT2D eigenvalue weighted by Gasteiger charge is 2.27.